The van der Waals surface area contributed by atoms with Gasteiger partial charge < -0.3 is 11.1 Å². The summed E-state index contributed by atoms with van der Waals surface area (Å²) in [5, 5.41) is 3.23. The van der Waals surface area contributed by atoms with Crippen molar-refractivity contribution >= 4 is 5.91 Å². The van der Waals surface area contributed by atoms with Gasteiger partial charge in [-0.3, -0.25) is 9.69 Å². The fourth-order valence-corrected chi connectivity index (χ4v) is 2.66. The molecule has 0 aromatic heterocycles. The first-order valence-electron chi connectivity index (χ1n) is 6.83. The number of benzene rings is 1. The van der Waals surface area contributed by atoms with Gasteiger partial charge in [-0.05, 0) is 37.5 Å². The highest BCUT2D eigenvalue weighted by Crippen LogP contribution is 2.25. The molecule has 1 aliphatic rings. The zero-order valence-electron chi connectivity index (χ0n) is 11.9. The maximum Gasteiger partial charge on any atom is 0.236 e. The minimum Gasteiger partial charge on any atom is -0.368 e. The molecule has 0 radical (unpaired) electrons. The molecular formula is C15H23N3O. The molecule has 0 saturated carbocycles. The molecule has 2 unspecified atom stereocenters. The fourth-order valence-electron chi connectivity index (χ4n) is 2.66. The number of hydrogen-bond acceptors (Lipinski definition) is 3. The summed E-state index contributed by atoms with van der Waals surface area (Å²) in [4.78, 5) is 13.8. The summed E-state index contributed by atoms with van der Waals surface area (Å²) < 4.78 is 0. The quantitative estimate of drug-likeness (QED) is 0.857. The predicted octanol–water partition coefficient (Wildman–Crippen LogP) is 1.12. The van der Waals surface area contributed by atoms with Crippen LogP contribution < -0.4 is 11.1 Å². The Morgan fingerprint density at radius 1 is 1.42 bits per heavy atom. The van der Waals surface area contributed by atoms with E-state index in [1.54, 1.807) is 0 Å². The standard InChI is InChI=1S/C15H23N3O/c1-10-4-5-13(8-11(10)2)12(3)18-7-6-17-9-14(18)15(16)19/h4-5,8,12,14,17H,6-7,9H2,1-3H3,(H2,16,19). The second-order valence-electron chi connectivity index (χ2n) is 5.38. The zero-order chi connectivity index (χ0) is 14.0. The van der Waals surface area contributed by atoms with Gasteiger partial charge in [0.15, 0.2) is 0 Å². The van der Waals surface area contributed by atoms with Crippen LogP contribution in [0.3, 0.4) is 0 Å². The van der Waals surface area contributed by atoms with E-state index in [0.29, 0.717) is 6.54 Å². The van der Waals surface area contributed by atoms with Crippen molar-refractivity contribution in [3.63, 3.8) is 0 Å². The topological polar surface area (TPSA) is 58.4 Å². The van der Waals surface area contributed by atoms with Crippen LogP contribution in [0.25, 0.3) is 0 Å². The number of aryl methyl sites for hydroxylation is 2. The van der Waals surface area contributed by atoms with Gasteiger partial charge in [-0.2, -0.15) is 0 Å². The molecule has 19 heavy (non-hydrogen) atoms. The van der Waals surface area contributed by atoms with Gasteiger partial charge >= 0.3 is 0 Å². The lowest BCUT2D eigenvalue weighted by molar-refractivity contribution is -0.124. The van der Waals surface area contributed by atoms with E-state index in [4.69, 9.17) is 5.73 Å². The van der Waals surface area contributed by atoms with Gasteiger partial charge in [0, 0.05) is 25.7 Å². The summed E-state index contributed by atoms with van der Waals surface area (Å²) in [5.74, 6) is -0.247. The molecule has 1 saturated heterocycles. The van der Waals surface area contributed by atoms with Crippen molar-refractivity contribution < 1.29 is 4.79 Å². The van der Waals surface area contributed by atoms with Gasteiger partial charge in [0.25, 0.3) is 0 Å². The van der Waals surface area contributed by atoms with Crippen molar-refractivity contribution in [2.24, 2.45) is 5.73 Å². The molecule has 1 aromatic carbocycles. The smallest absolute Gasteiger partial charge is 0.236 e. The van der Waals surface area contributed by atoms with E-state index in [-0.39, 0.29) is 18.0 Å². The highest BCUT2D eigenvalue weighted by molar-refractivity contribution is 5.80. The van der Waals surface area contributed by atoms with Crippen LogP contribution in [0.5, 0.6) is 0 Å². The molecule has 2 rings (SSSR count). The SMILES string of the molecule is Cc1ccc(C(C)N2CCNCC2C(N)=O)cc1C. The molecule has 4 nitrogen and oxygen atoms in total. The van der Waals surface area contributed by atoms with E-state index in [1.165, 1.54) is 16.7 Å². The number of amides is 1. The number of rotatable bonds is 3. The van der Waals surface area contributed by atoms with Crippen molar-refractivity contribution in [1.29, 1.82) is 0 Å². The maximum absolute atomic E-state index is 11.6. The molecule has 104 valence electrons. The molecule has 0 bridgehead atoms. The van der Waals surface area contributed by atoms with Gasteiger partial charge in [-0.25, -0.2) is 0 Å². The second kappa shape index (κ2) is 5.72. The van der Waals surface area contributed by atoms with E-state index >= 15 is 0 Å². The Hall–Kier alpha value is -1.39. The van der Waals surface area contributed by atoms with Gasteiger partial charge in [0.2, 0.25) is 5.91 Å². The van der Waals surface area contributed by atoms with E-state index < -0.39 is 0 Å². The van der Waals surface area contributed by atoms with Gasteiger partial charge in [-0.1, -0.05) is 18.2 Å². The number of carbonyl (C=O) groups is 1. The molecule has 1 heterocycles. The average molecular weight is 261 g/mol. The molecular weight excluding hydrogens is 238 g/mol. The Morgan fingerprint density at radius 3 is 2.79 bits per heavy atom. The minimum absolute atomic E-state index is 0.207. The molecule has 0 aliphatic carbocycles. The summed E-state index contributed by atoms with van der Waals surface area (Å²) in [6, 6.07) is 6.49. The summed E-state index contributed by atoms with van der Waals surface area (Å²) >= 11 is 0. The monoisotopic (exact) mass is 261 g/mol. The van der Waals surface area contributed by atoms with Crippen LogP contribution in [0, 0.1) is 13.8 Å². The summed E-state index contributed by atoms with van der Waals surface area (Å²) in [6.07, 6.45) is 0. The highest BCUT2D eigenvalue weighted by Gasteiger charge is 2.30. The van der Waals surface area contributed by atoms with Crippen LogP contribution in [-0.2, 0) is 4.79 Å². The Balaban J connectivity index is 2.23. The second-order valence-corrected chi connectivity index (χ2v) is 5.38. The van der Waals surface area contributed by atoms with E-state index in [2.05, 4.69) is 49.2 Å². The minimum atomic E-state index is -0.247. The predicted molar refractivity (Wildman–Crippen MR) is 76.9 cm³/mol. The zero-order valence-corrected chi connectivity index (χ0v) is 11.9. The molecule has 2 atom stereocenters. The lowest BCUT2D eigenvalue weighted by Crippen LogP contribution is -2.57. The Labute approximate surface area is 115 Å². The number of nitrogens with zero attached hydrogens (tertiary/aromatic N) is 1. The first kappa shape index (κ1) is 14.0. The lowest BCUT2D eigenvalue weighted by atomic mass is 9.99. The number of nitrogens with one attached hydrogen (secondary N) is 1. The van der Waals surface area contributed by atoms with Crippen LogP contribution in [-0.4, -0.2) is 36.5 Å². The lowest BCUT2D eigenvalue weighted by Gasteiger charge is -2.38. The third kappa shape index (κ3) is 2.96. The molecule has 1 aliphatic heterocycles. The van der Waals surface area contributed by atoms with Crippen molar-refractivity contribution in [1.82, 2.24) is 10.2 Å². The van der Waals surface area contributed by atoms with Crippen LogP contribution in [0.15, 0.2) is 18.2 Å². The number of piperazine rings is 1. The fraction of sp³-hybridized carbons (Fsp3) is 0.533. The highest BCUT2D eigenvalue weighted by atomic mass is 16.1. The maximum atomic E-state index is 11.6. The van der Waals surface area contributed by atoms with Crippen LogP contribution in [0.2, 0.25) is 0 Å². The number of hydrogen-bond donors (Lipinski definition) is 2. The molecule has 4 heteroatoms. The molecule has 3 N–H and O–H groups in total. The normalized spacial score (nSPS) is 22.2. The number of carbonyl (C=O) groups excluding carboxylic acids is 1. The Morgan fingerprint density at radius 2 is 2.16 bits per heavy atom. The Bertz CT molecular complexity index is 472. The van der Waals surface area contributed by atoms with Crippen molar-refractivity contribution in [2.75, 3.05) is 19.6 Å². The molecule has 1 fully saturated rings. The molecule has 1 aromatic rings. The van der Waals surface area contributed by atoms with Crippen LogP contribution in [0.4, 0.5) is 0 Å². The third-order valence-corrected chi connectivity index (χ3v) is 4.12. The summed E-state index contributed by atoms with van der Waals surface area (Å²) in [5.41, 5.74) is 9.33. The van der Waals surface area contributed by atoms with Crippen molar-refractivity contribution in [2.45, 2.75) is 32.9 Å². The first-order chi connectivity index (χ1) is 9.00. The van der Waals surface area contributed by atoms with Gasteiger partial charge in [0.05, 0.1) is 0 Å². The third-order valence-electron chi connectivity index (χ3n) is 4.12. The van der Waals surface area contributed by atoms with E-state index in [0.717, 1.165) is 13.1 Å². The van der Waals surface area contributed by atoms with Gasteiger partial charge in [0.1, 0.15) is 6.04 Å². The molecule has 0 spiro atoms. The van der Waals surface area contributed by atoms with Crippen molar-refractivity contribution in [3.05, 3.63) is 34.9 Å². The average Bonchev–Trinajstić information content (AvgIpc) is 2.41. The van der Waals surface area contributed by atoms with Crippen molar-refractivity contribution in [3.8, 4) is 0 Å². The Kier molecular flexibility index (Phi) is 4.22. The number of nitrogens with two attached hydrogens (primary N) is 1. The largest absolute Gasteiger partial charge is 0.368 e. The van der Waals surface area contributed by atoms with Gasteiger partial charge in [-0.15, -0.1) is 0 Å². The first-order valence-corrected chi connectivity index (χ1v) is 6.83. The molecule has 1 amide bonds. The summed E-state index contributed by atoms with van der Waals surface area (Å²) in [6.45, 7) is 8.77. The number of primary amides is 1. The van der Waals surface area contributed by atoms with Crippen LogP contribution in [0.1, 0.15) is 29.7 Å². The van der Waals surface area contributed by atoms with E-state index in [9.17, 15) is 4.79 Å². The summed E-state index contributed by atoms with van der Waals surface area (Å²) in [7, 11) is 0. The van der Waals surface area contributed by atoms with Crippen LogP contribution >= 0.6 is 0 Å². The van der Waals surface area contributed by atoms with E-state index in [1.807, 2.05) is 0 Å².